The molecule has 0 amide bonds. The van der Waals surface area contributed by atoms with Gasteiger partial charge in [0, 0.05) is 32.7 Å². The number of rotatable bonds is 4. The zero-order valence-electron chi connectivity index (χ0n) is 10.7. The summed E-state index contributed by atoms with van der Waals surface area (Å²) in [6.07, 6.45) is 0.868. The smallest absolute Gasteiger partial charge is 0.274 e. The minimum atomic E-state index is -0.508. The fraction of sp³-hybridized carbons (Fsp3) is 0.385. The largest absolute Gasteiger partial charge is 0.380 e. The Labute approximate surface area is 112 Å². The van der Waals surface area contributed by atoms with Gasteiger partial charge in [-0.1, -0.05) is 30.3 Å². The second kappa shape index (κ2) is 6.19. The third-order valence-corrected chi connectivity index (χ3v) is 3.22. The molecule has 0 aromatic heterocycles. The highest BCUT2D eigenvalue weighted by molar-refractivity contribution is 5.14. The fourth-order valence-electron chi connectivity index (χ4n) is 2.20. The second-order valence-electron chi connectivity index (χ2n) is 4.59. The molecule has 1 aliphatic rings. The fourth-order valence-corrected chi connectivity index (χ4v) is 2.20. The molecule has 102 valence electrons. The van der Waals surface area contributed by atoms with Crippen molar-refractivity contribution in [2.24, 2.45) is 5.73 Å². The summed E-state index contributed by atoms with van der Waals surface area (Å²) >= 11 is 0. The number of nitrogens with two attached hydrogens (primary N) is 1. The Kier molecular flexibility index (Phi) is 4.35. The van der Waals surface area contributed by atoms with Gasteiger partial charge in [-0.2, -0.15) is 0 Å². The van der Waals surface area contributed by atoms with Crippen molar-refractivity contribution in [3.63, 3.8) is 0 Å². The average Bonchev–Trinajstić information content (AvgIpc) is 2.40. The lowest BCUT2D eigenvalue weighted by atomic mass is 10.2. The number of hydrogen-bond acceptors (Lipinski definition) is 5. The Morgan fingerprint density at radius 1 is 1.26 bits per heavy atom. The highest BCUT2D eigenvalue weighted by Gasteiger charge is 2.18. The molecular weight excluding hydrogens is 244 g/mol. The summed E-state index contributed by atoms with van der Waals surface area (Å²) in [6, 6.07) is 10.3. The van der Waals surface area contributed by atoms with E-state index in [0.717, 1.165) is 38.9 Å². The maximum Gasteiger partial charge on any atom is 0.274 e. The van der Waals surface area contributed by atoms with E-state index >= 15 is 0 Å². The zero-order chi connectivity index (χ0) is 13.7. The van der Waals surface area contributed by atoms with E-state index in [1.54, 1.807) is 0 Å². The van der Waals surface area contributed by atoms with Crippen LogP contribution in [0.4, 0.5) is 0 Å². The summed E-state index contributed by atoms with van der Waals surface area (Å²) in [5.74, 6) is 0.240. The maximum absolute atomic E-state index is 10.4. The Bertz CT molecular complexity index is 453. The molecule has 2 N–H and O–H groups in total. The Hall–Kier alpha value is -2.08. The van der Waals surface area contributed by atoms with Crippen LogP contribution in [0.1, 0.15) is 5.56 Å². The summed E-state index contributed by atoms with van der Waals surface area (Å²) < 4.78 is 0. The molecule has 0 spiro atoms. The SMILES string of the molecule is NC(=C[N+](=O)[O-])N1CCN(Cc2ccccc2)CC1. The van der Waals surface area contributed by atoms with Gasteiger partial charge in [0.15, 0.2) is 5.82 Å². The first kappa shape index (κ1) is 13.4. The maximum atomic E-state index is 10.4. The van der Waals surface area contributed by atoms with Crippen molar-refractivity contribution >= 4 is 0 Å². The van der Waals surface area contributed by atoms with Gasteiger partial charge < -0.3 is 10.6 Å². The molecule has 2 rings (SSSR count). The van der Waals surface area contributed by atoms with Gasteiger partial charge in [-0.25, -0.2) is 0 Å². The van der Waals surface area contributed by atoms with Crippen LogP contribution >= 0.6 is 0 Å². The summed E-state index contributed by atoms with van der Waals surface area (Å²) in [6.45, 7) is 4.09. The van der Waals surface area contributed by atoms with Gasteiger partial charge in [0.25, 0.3) is 6.20 Å². The molecule has 6 heteroatoms. The monoisotopic (exact) mass is 262 g/mol. The van der Waals surface area contributed by atoms with Crippen LogP contribution in [0, 0.1) is 10.1 Å². The molecule has 0 atom stereocenters. The third-order valence-electron chi connectivity index (χ3n) is 3.22. The van der Waals surface area contributed by atoms with E-state index in [2.05, 4.69) is 17.0 Å². The van der Waals surface area contributed by atoms with Crippen LogP contribution in [0.25, 0.3) is 0 Å². The van der Waals surface area contributed by atoms with Gasteiger partial charge in [0.1, 0.15) is 0 Å². The molecule has 1 aromatic carbocycles. The first-order chi connectivity index (χ1) is 9.15. The molecule has 0 radical (unpaired) electrons. The van der Waals surface area contributed by atoms with E-state index in [-0.39, 0.29) is 5.82 Å². The molecule has 0 aliphatic carbocycles. The van der Waals surface area contributed by atoms with Crippen LogP contribution in [0.3, 0.4) is 0 Å². The first-order valence-corrected chi connectivity index (χ1v) is 6.27. The van der Waals surface area contributed by atoms with Crippen molar-refractivity contribution in [1.29, 1.82) is 0 Å². The highest BCUT2D eigenvalue weighted by Crippen LogP contribution is 2.10. The molecule has 1 aliphatic heterocycles. The van der Waals surface area contributed by atoms with E-state index in [9.17, 15) is 10.1 Å². The van der Waals surface area contributed by atoms with Crippen molar-refractivity contribution in [3.05, 3.63) is 58.0 Å². The standard InChI is InChI=1S/C13H18N4O2/c14-13(11-17(18)19)16-8-6-15(7-9-16)10-12-4-2-1-3-5-12/h1-5,11H,6-10,14H2. The molecule has 1 aromatic rings. The van der Waals surface area contributed by atoms with Gasteiger partial charge in [-0.15, -0.1) is 0 Å². The quantitative estimate of drug-likeness (QED) is 0.642. The van der Waals surface area contributed by atoms with Crippen molar-refractivity contribution in [2.45, 2.75) is 6.54 Å². The molecule has 1 fully saturated rings. The van der Waals surface area contributed by atoms with Gasteiger partial charge in [-0.3, -0.25) is 15.0 Å². The predicted octanol–water partition coefficient (Wildman–Crippen LogP) is 0.838. The average molecular weight is 262 g/mol. The zero-order valence-corrected chi connectivity index (χ0v) is 10.7. The normalized spacial score (nSPS) is 17.5. The molecule has 0 bridgehead atoms. The van der Waals surface area contributed by atoms with E-state index in [4.69, 9.17) is 5.73 Å². The van der Waals surface area contributed by atoms with Gasteiger partial charge in [-0.05, 0) is 5.56 Å². The van der Waals surface area contributed by atoms with Crippen molar-refractivity contribution in [1.82, 2.24) is 9.80 Å². The van der Waals surface area contributed by atoms with Crippen molar-refractivity contribution in [2.75, 3.05) is 26.2 Å². The molecule has 1 heterocycles. The lowest BCUT2D eigenvalue weighted by Gasteiger charge is -2.35. The molecule has 1 saturated heterocycles. The van der Waals surface area contributed by atoms with Crippen LogP contribution in [0.15, 0.2) is 42.4 Å². The second-order valence-corrected chi connectivity index (χ2v) is 4.59. The minimum absolute atomic E-state index is 0.240. The Morgan fingerprint density at radius 3 is 2.47 bits per heavy atom. The molecule has 6 nitrogen and oxygen atoms in total. The van der Waals surface area contributed by atoms with Crippen LogP contribution in [0.2, 0.25) is 0 Å². The van der Waals surface area contributed by atoms with Crippen LogP contribution in [0.5, 0.6) is 0 Å². The van der Waals surface area contributed by atoms with E-state index in [1.165, 1.54) is 5.56 Å². The lowest BCUT2D eigenvalue weighted by molar-refractivity contribution is -0.404. The minimum Gasteiger partial charge on any atom is -0.380 e. The van der Waals surface area contributed by atoms with Crippen molar-refractivity contribution < 1.29 is 4.92 Å². The van der Waals surface area contributed by atoms with Gasteiger partial charge in [0.2, 0.25) is 0 Å². The molecular formula is C13H18N4O2. The van der Waals surface area contributed by atoms with E-state index in [1.807, 2.05) is 23.1 Å². The Balaban J connectivity index is 1.84. The van der Waals surface area contributed by atoms with Crippen LogP contribution in [-0.2, 0) is 6.54 Å². The number of nitrogens with zero attached hydrogens (tertiary/aromatic N) is 3. The van der Waals surface area contributed by atoms with Gasteiger partial charge >= 0.3 is 0 Å². The number of benzene rings is 1. The van der Waals surface area contributed by atoms with E-state index < -0.39 is 4.92 Å². The predicted molar refractivity (Wildman–Crippen MR) is 72.6 cm³/mol. The number of nitro groups is 1. The molecule has 0 saturated carbocycles. The summed E-state index contributed by atoms with van der Waals surface area (Å²) in [5, 5.41) is 10.4. The van der Waals surface area contributed by atoms with E-state index in [0.29, 0.717) is 0 Å². The number of hydrogen-bond donors (Lipinski definition) is 1. The Morgan fingerprint density at radius 2 is 1.89 bits per heavy atom. The first-order valence-electron chi connectivity index (χ1n) is 6.27. The van der Waals surface area contributed by atoms with Gasteiger partial charge in [0.05, 0.1) is 4.92 Å². The topological polar surface area (TPSA) is 75.6 Å². The lowest BCUT2D eigenvalue weighted by Crippen LogP contribution is -2.46. The molecule has 0 unspecified atom stereocenters. The summed E-state index contributed by atoms with van der Waals surface area (Å²) in [4.78, 5) is 14.0. The van der Waals surface area contributed by atoms with Crippen LogP contribution < -0.4 is 5.73 Å². The summed E-state index contributed by atoms with van der Waals surface area (Å²) in [7, 11) is 0. The molecule has 19 heavy (non-hydrogen) atoms. The summed E-state index contributed by atoms with van der Waals surface area (Å²) in [5.41, 5.74) is 6.96. The number of piperazine rings is 1. The highest BCUT2D eigenvalue weighted by atomic mass is 16.6. The third kappa shape index (κ3) is 3.96. The van der Waals surface area contributed by atoms with Crippen molar-refractivity contribution in [3.8, 4) is 0 Å². The van der Waals surface area contributed by atoms with Crippen LogP contribution in [-0.4, -0.2) is 40.9 Å².